The summed E-state index contributed by atoms with van der Waals surface area (Å²) in [6.07, 6.45) is 3.84. The molecule has 3 rings (SSSR count). The van der Waals surface area contributed by atoms with Gasteiger partial charge in [-0.2, -0.15) is 0 Å². The molecule has 0 saturated carbocycles. The Bertz CT molecular complexity index is 846. The van der Waals surface area contributed by atoms with E-state index in [1.807, 2.05) is 24.5 Å². The monoisotopic (exact) mass is 489 g/mol. The first-order chi connectivity index (χ1) is 13.3. The number of nitrogens with one attached hydrogen (secondary N) is 2. The summed E-state index contributed by atoms with van der Waals surface area (Å²) in [5, 5.41) is 6.78. The molecule has 2 aromatic carbocycles. The molecule has 0 fully saturated rings. The van der Waals surface area contributed by atoms with Gasteiger partial charge in [0.05, 0.1) is 6.04 Å². The molecule has 0 amide bonds. The van der Waals surface area contributed by atoms with Crippen LogP contribution in [0.1, 0.15) is 36.8 Å². The third kappa shape index (κ3) is 6.37. The Morgan fingerprint density at radius 2 is 1.75 bits per heavy atom. The summed E-state index contributed by atoms with van der Waals surface area (Å²) in [5.74, 6) is 1.74. The van der Waals surface area contributed by atoms with Gasteiger partial charge in [0.15, 0.2) is 5.96 Å². The van der Waals surface area contributed by atoms with E-state index in [2.05, 4.69) is 82.6 Å². The predicted octanol–water partition coefficient (Wildman–Crippen LogP) is 4.37. The Morgan fingerprint density at radius 1 is 1.07 bits per heavy atom. The number of aromatic nitrogens is 2. The molecule has 1 unspecified atom stereocenters. The fourth-order valence-corrected chi connectivity index (χ4v) is 2.92. The van der Waals surface area contributed by atoms with Crippen LogP contribution in [0.4, 0.5) is 0 Å². The first kappa shape index (κ1) is 21.9. The Balaban J connectivity index is 0.00000280. The van der Waals surface area contributed by atoms with E-state index in [1.165, 1.54) is 11.1 Å². The summed E-state index contributed by atoms with van der Waals surface area (Å²) in [6.45, 7) is 6.35. The largest absolute Gasteiger partial charge is 0.357 e. The van der Waals surface area contributed by atoms with Gasteiger partial charge in [0.2, 0.25) is 0 Å². The maximum atomic E-state index is 4.73. The lowest BCUT2D eigenvalue weighted by molar-refractivity contribution is 0.677. The second-order valence-electron chi connectivity index (χ2n) is 6.43. The van der Waals surface area contributed by atoms with Crippen LogP contribution in [0.2, 0.25) is 0 Å². The molecule has 1 aromatic heterocycles. The Morgan fingerprint density at radius 3 is 2.43 bits per heavy atom. The summed E-state index contributed by atoms with van der Waals surface area (Å²) in [7, 11) is 0. The first-order valence-corrected chi connectivity index (χ1v) is 9.40. The number of aliphatic imine (C=N–C) groups is 1. The van der Waals surface area contributed by atoms with Gasteiger partial charge in [0.1, 0.15) is 12.4 Å². The van der Waals surface area contributed by atoms with Gasteiger partial charge in [0.25, 0.3) is 0 Å². The lowest BCUT2D eigenvalue weighted by Gasteiger charge is -2.18. The van der Waals surface area contributed by atoms with Crippen molar-refractivity contribution in [3.8, 4) is 0 Å². The van der Waals surface area contributed by atoms with Crippen LogP contribution in [0.5, 0.6) is 0 Å². The normalized spacial score (nSPS) is 12.1. The lowest BCUT2D eigenvalue weighted by atomic mass is 10.1. The number of nitrogens with zero attached hydrogens (tertiary/aromatic N) is 3. The molecule has 2 N–H and O–H groups in total. The fraction of sp³-hybridized carbons (Fsp3) is 0.273. The van der Waals surface area contributed by atoms with Gasteiger partial charge in [-0.1, -0.05) is 60.7 Å². The van der Waals surface area contributed by atoms with E-state index < -0.39 is 0 Å². The molecule has 3 aromatic rings. The average Bonchev–Trinajstić information content (AvgIpc) is 3.14. The van der Waals surface area contributed by atoms with E-state index >= 15 is 0 Å². The van der Waals surface area contributed by atoms with Crippen molar-refractivity contribution in [3.63, 3.8) is 0 Å². The van der Waals surface area contributed by atoms with Crippen LogP contribution in [0.25, 0.3) is 0 Å². The Kier molecular flexibility index (Phi) is 9.00. The number of halogens is 1. The highest BCUT2D eigenvalue weighted by atomic mass is 127. The zero-order chi connectivity index (χ0) is 18.9. The SMILES string of the molecule is CCNC(=NCc1nccn1Cc1ccccc1)NC(C)c1ccccc1.I. The average molecular weight is 489 g/mol. The van der Waals surface area contributed by atoms with Gasteiger partial charge in [-0.15, -0.1) is 24.0 Å². The van der Waals surface area contributed by atoms with Crippen molar-refractivity contribution < 1.29 is 0 Å². The molecular formula is C22H28IN5. The summed E-state index contributed by atoms with van der Waals surface area (Å²) in [6, 6.07) is 20.9. The number of guanidine groups is 1. The van der Waals surface area contributed by atoms with Gasteiger partial charge >= 0.3 is 0 Å². The molecule has 0 aliphatic heterocycles. The van der Waals surface area contributed by atoms with Crippen molar-refractivity contribution in [2.24, 2.45) is 4.99 Å². The fourth-order valence-electron chi connectivity index (χ4n) is 2.92. The molecule has 0 saturated heterocycles. The number of hydrogen-bond acceptors (Lipinski definition) is 2. The zero-order valence-corrected chi connectivity index (χ0v) is 18.7. The molecule has 28 heavy (non-hydrogen) atoms. The smallest absolute Gasteiger partial charge is 0.192 e. The van der Waals surface area contributed by atoms with E-state index in [0.29, 0.717) is 6.54 Å². The molecule has 6 heteroatoms. The first-order valence-electron chi connectivity index (χ1n) is 9.40. The maximum absolute atomic E-state index is 4.73. The zero-order valence-electron chi connectivity index (χ0n) is 16.4. The Labute approximate surface area is 184 Å². The van der Waals surface area contributed by atoms with Gasteiger partial charge in [-0.25, -0.2) is 9.98 Å². The second kappa shape index (κ2) is 11.5. The van der Waals surface area contributed by atoms with E-state index in [4.69, 9.17) is 4.99 Å². The molecule has 0 bridgehead atoms. The number of rotatable bonds is 7. The maximum Gasteiger partial charge on any atom is 0.192 e. The van der Waals surface area contributed by atoms with Crippen molar-refractivity contribution in [1.82, 2.24) is 20.2 Å². The highest BCUT2D eigenvalue weighted by molar-refractivity contribution is 14.0. The minimum atomic E-state index is 0. The third-order valence-electron chi connectivity index (χ3n) is 4.37. The van der Waals surface area contributed by atoms with Crippen LogP contribution in [-0.2, 0) is 13.1 Å². The molecule has 0 aliphatic rings. The molecular weight excluding hydrogens is 461 g/mol. The molecule has 5 nitrogen and oxygen atoms in total. The van der Waals surface area contributed by atoms with Gasteiger partial charge in [-0.3, -0.25) is 0 Å². The van der Waals surface area contributed by atoms with Crippen molar-refractivity contribution in [1.29, 1.82) is 0 Å². The quantitative estimate of drug-likeness (QED) is 0.295. The van der Waals surface area contributed by atoms with Gasteiger partial charge in [0, 0.05) is 25.5 Å². The van der Waals surface area contributed by atoms with Gasteiger partial charge in [-0.05, 0) is 25.0 Å². The van der Waals surface area contributed by atoms with Crippen LogP contribution in [-0.4, -0.2) is 22.1 Å². The third-order valence-corrected chi connectivity index (χ3v) is 4.37. The minimum Gasteiger partial charge on any atom is -0.357 e. The van der Waals surface area contributed by atoms with Crippen LogP contribution in [0, 0.1) is 0 Å². The van der Waals surface area contributed by atoms with Crippen molar-refractivity contribution in [3.05, 3.63) is 90.0 Å². The highest BCUT2D eigenvalue weighted by Crippen LogP contribution is 2.11. The van der Waals surface area contributed by atoms with E-state index in [-0.39, 0.29) is 30.0 Å². The molecule has 0 spiro atoms. The van der Waals surface area contributed by atoms with Gasteiger partial charge < -0.3 is 15.2 Å². The number of benzene rings is 2. The van der Waals surface area contributed by atoms with Crippen LogP contribution >= 0.6 is 24.0 Å². The standard InChI is InChI=1S/C22H27N5.HI/c1-3-23-22(26-18(2)20-12-8-5-9-13-20)25-16-21-24-14-15-27(21)17-19-10-6-4-7-11-19;/h4-15,18H,3,16-17H2,1-2H3,(H2,23,25,26);1H. The Hall–Kier alpha value is -2.35. The lowest BCUT2D eigenvalue weighted by Crippen LogP contribution is -2.38. The summed E-state index contributed by atoms with van der Waals surface area (Å²) in [4.78, 5) is 9.22. The summed E-state index contributed by atoms with van der Waals surface area (Å²) < 4.78 is 2.14. The summed E-state index contributed by atoms with van der Waals surface area (Å²) >= 11 is 0. The molecule has 1 heterocycles. The highest BCUT2D eigenvalue weighted by Gasteiger charge is 2.08. The van der Waals surface area contributed by atoms with Crippen molar-refractivity contribution >= 4 is 29.9 Å². The van der Waals surface area contributed by atoms with E-state index in [1.54, 1.807) is 0 Å². The summed E-state index contributed by atoms with van der Waals surface area (Å²) in [5.41, 5.74) is 2.48. The van der Waals surface area contributed by atoms with Crippen molar-refractivity contribution in [2.75, 3.05) is 6.54 Å². The van der Waals surface area contributed by atoms with E-state index in [9.17, 15) is 0 Å². The topological polar surface area (TPSA) is 54.2 Å². The second-order valence-corrected chi connectivity index (χ2v) is 6.43. The molecule has 148 valence electrons. The van der Waals surface area contributed by atoms with Crippen LogP contribution in [0.15, 0.2) is 78.0 Å². The van der Waals surface area contributed by atoms with Crippen molar-refractivity contribution in [2.45, 2.75) is 33.0 Å². The molecule has 1 atom stereocenters. The van der Waals surface area contributed by atoms with Crippen LogP contribution in [0.3, 0.4) is 0 Å². The van der Waals surface area contributed by atoms with E-state index in [0.717, 1.165) is 24.9 Å². The number of imidazole rings is 1. The van der Waals surface area contributed by atoms with Crippen LogP contribution < -0.4 is 10.6 Å². The minimum absolute atomic E-state index is 0. The predicted molar refractivity (Wildman–Crippen MR) is 126 cm³/mol. The number of hydrogen-bond donors (Lipinski definition) is 2. The molecule has 0 aliphatic carbocycles. The molecule has 0 radical (unpaired) electrons.